The van der Waals surface area contributed by atoms with Crippen molar-refractivity contribution in [2.24, 2.45) is 0 Å². The summed E-state index contributed by atoms with van der Waals surface area (Å²) in [5, 5.41) is 0. The Morgan fingerprint density at radius 2 is 1.82 bits per heavy atom. The van der Waals surface area contributed by atoms with Crippen LogP contribution in [0.4, 0.5) is 0 Å². The number of carbonyl (C=O) groups excluding carboxylic acids is 1. The highest BCUT2D eigenvalue weighted by Gasteiger charge is 2.22. The molecule has 0 N–H and O–H groups in total. The Morgan fingerprint density at radius 1 is 1.24 bits per heavy atom. The second-order valence-corrected chi connectivity index (χ2v) is 4.97. The minimum absolute atomic E-state index is 0.289. The Labute approximate surface area is 103 Å². The Balaban J connectivity index is 2.40. The maximum Gasteiger partial charge on any atom is 0.335 e. The topological polar surface area (TPSA) is 35.5 Å². The molecular formula is C14H20O3. The summed E-state index contributed by atoms with van der Waals surface area (Å²) in [5.74, 6) is -0.330. The van der Waals surface area contributed by atoms with Crippen LogP contribution in [0, 0.1) is 0 Å². The maximum absolute atomic E-state index is 11.6. The Hall–Kier alpha value is -1.35. The monoisotopic (exact) mass is 236 g/mol. The third kappa shape index (κ3) is 5.50. The summed E-state index contributed by atoms with van der Waals surface area (Å²) >= 11 is 0. The van der Waals surface area contributed by atoms with Crippen molar-refractivity contribution in [1.82, 2.24) is 0 Å². The van der Waals surface area contributed by atoms with Crippen molar-refractivity contribution >= 4 is 5.97 Å². The van der Waals surface area contributed by atoms with E-state index in [-0.39, 0.29) is 18.2 Å². The van der Waals surface area contributed by atoms with Gasteiger partial charge in [-0.1, -0.05) is 30.3 Å². The van der Waals surface area contributed by atoms with Crippen LogP contribution in [-0.4, -0.2) is 17.7 Å². The number of carbonyl (C=O) groups is 1. The van der Waals surface area contributed by atoms with Gasteiger partial charge in [-0.05, 0) is 33.3 Å². The number of rotatable bonds is 4. The SMILES string of the molecule is C[C@H](OC(C)(C)C)C(=O)OCc1ccccc1. The number of hydrogen-bond acceptors (Lipinski definition) is 3. The van der Waals surface area contributed by atoms with Crippen LogP contribution in [0.5, 0.6) is 0 Å². The van der Waals surface area contributed by atoms with Crippen molar-refractivity contribution in [3.8, 4) is 0 Å². The van der Waals surface area contributed by atoms with E-state index in [1.54, 1.807) is 6.92 Å². The molecule has 1 aromatic rings. The second kappa shape index (κ2) is 5.82. The molecule has 1 aromatic carbocycles. The lowest BCUT2D eigenvalue weighted by Crippen LogP contribution is -2.32. The molecular weight excluding hydrogens is 216 g/mol. The maximum atomic E-state index is 11.6. The van der Waals surface area contributed by atoms with Crippen LogP contribution in [0.25, 0.3) is 0 Å². The first-order valence-corrected chi connectivity index (χ1v) is 5.77. The lowest BCUT2D eigenvalue weighted by atomic mass is 10.2. The van der Waals surface area contributed by atoms with Gasteiger partial charge in [-0.3, -0.25) is 0 Å². The van der Waals surface area contributed by atoms with Crippen molar-refractivity contribution in [2.75, 3.05) is 0 Å². The van der Waals surface area contributed by atoms with Gasteiger partial charge in [-0.2, -0.15) is 0 Å². The average molecular weight is 236 g/mol. The zero-order chi connectivity index (χ0) is 12.9. The molecule has 0 amide bonds. The molecule has 94 valence electrons. The van der Waals surface area contributed by atoms with E-state index in [0.717, 1.165) is 5.56 Å². The second-order valence-electron chi connectivity index (χ2n) is 4.97. The van der Waals surface area contributed by atoms with E-state index in [9.17, 15) is 4.79 Å². The molecule has 0 saturated heterocycles. The van der Waals surface area contributed by atoms with E-state index >= 15 is 0 Å². The third-order valence-electron chi connectivity index (χ3n) is 2.09. The minimum atomic E-state index is -0.543. The molecule has 17 heavy (non-hydrogen) atoms. The molecule has 0 saturated carbocycles. The van der Waals surface area contributed by atoms with Crippen LogP contribution < -0.4 is 0 Å². The first-order chi connectivity index (χ1) is 7.88. The molecule has 0 aliphatic rings. The molecule has 3 nitrogen and oxygen atoms in total. The molecule has 0 unspecified atom stereocenters. The van der Waals surface area contributed by atoms with Gasteiger partial charge in [0.05, 0.1) is 5.60 Å². The van der Waals surface area contributed by atoms with Gasteiger partial charge in [0.15, 0.2) is 6.10 Å². The molecule has 1 atom stereocenters. The first kappa shape index (κ1) is 13.7. The highest BCUT2D eigenvalue weighted by molar-refractivity contribution is 5.74. The lowest BCUT2D eigenvalue weighted by molar-refractivity contribution is -0.165. The van der Waals surface area contributed by atoms with Crippen LogP contribution in [-0.2, 0) is 20.9 Å². The summed E-state index contributed by atoms with van der Waals surface area (Å²) in [4.78, 5) is 11.6. The fraction of sp³-hybridized carbons (Fsp3) is 0.500. The summed E-state index contributed by atoms with van der Waals surface area (Å²) in [6.07, 6.45) is -0.543. The van der Waals surface area contributed by atoms with Gasteiger partial charge in [0, 0.05) is 0 Å². The third-order valence-corrected chi connectivity index (χ3v) is 2.09. The van der Waals surface area contributed by atoms with E-state index in [1.807, 2.05) is 51.1 Å². The summed E-state index contributed by atoms with van der Waals surface area (Å²) in [6, 6.07) is 9.60. The largest absolute Gasteiger partial charge is 0.459 e. The van der Waals surface area contributed by atoms with Gasteiger partial charge in [0.2, 0.25) is 0 Å². The molecule has 0 aromatic heterocycles. The van der Waals surface area contributed by atoms with Crippen molar-refractivity contribution in [1.29, 1.82) is 0 Å². The number of hydrogen-bond donors (Lipinski definition) is 0. The molecule has 0 fully saturated rings. The molecule has 0 spiro atoms. The summed E-state index contributed by atoms with van der Waals surface area (Å²) in [6.45, 7) is 7.73. The van der Waals surface area contributed by atoms with Gasteiger partial charge in [0.25, 0.3) is 0 Å². The van der Waals surface area contributed by atoms with Gasteiger partial charge in [0.1, 0.15) is 6.61 Å². The normalized spacial score (nSPS) is 13.2. The molecule has 0 radical (unpaired) electrons. The minimum Gasteiger partial charge on any atom is -0.459 e. The van der Waals surface area contributed by atoms with Crippen molar-refractivity contribution < 1.29 is 14.3 Å². The van der Waals surface area contributed by atoms with Crippen LogP contribution in [0.15, 0.2) is 30.3 Å². The molecule has 0 aliphatic carbocycles. The summed E-state index contributed by atoms with van der Waals surface area (Å²) in [7, 11) is 0. The van der Waals surface area contributed by atoms with Gasteiger partial charge in [-0.15, -0.1) is 0 Å². The van der Waals surface area contributed by atoms with Crippen molar-refractivity contribution in [3.63, 3.8) is 0 Å². The van der Waals surface area contributed by atoms with Crippen LogP contribution in [0.2, 0.25) is 0 Å². The summed E-state index contributed by atoms with van der Waals surface area (Å²) in [5.41, 5.74) is 0.634. The van der Waals surface area contributed by atoms with Crippen LogP contribution >= 0.6 is 0 Å². The Kier molecular flexibility index (Phi) is 4.70. The Bertz CT molecular complexity index is 351. The molecule has 1 rings (SSSR count). The highest BCUT2D eigenvalue weighted by atomic mass is 16.6. The van der Waals surface area contributed by atoms with Gasteiger partial charge < -0.3 is 9.47 Å². The van der Waals surface area contributed by atoms with Crippen LogP contribution in [0.1, 0.15) is 33.3 Å². The van der Waals surface area contributed by atoms with E-state index in [0.29, 0.717) is 0 Å². The number of benzene rings is 1. The average Bonchev–Trinajstić information content (AvgIpc) is 2.25. The van der Waals surface area contributed by atoms with Gasteiger partial charge in [-0.25, -0.2) is 4.79 Å². The Morgan fingerprint density at radius 3 is 2.35 bits per heavy atom. The number of esters is 1. The molecule has 0 bridgehead atoms. The lowest BCUT2D eigenvalue weighted by Gasteiger charge is -2.23. The zero-order valence-electron chi connectivity index (χ0n) is 10.9. The highest BCUT2D eigenvalue weighted by Crippen LogP contribution is 2.12. The predicted octanol–water partition coefficient (Wildman–Crippen LogP) is 2.93. The van der Waals surface area contributed by atoms with E-state index in [4.69, 9.17) is 9.47 Å². The van der Waals surface area contributed by atoms with Crippen molar-refractivity contribution in [3.05, 3.63) is 35.9 Å². The molecule has 0 aliphatic heterocycles. The first-order valence-electron chi connectivity index (χ1n) is 5.77. The van der Waals surface area contributed by atoms with Gasteiger partial charge >= 0.3 is 5.97 Å². The molecule has 3 heteroatoms. The molecule has 0 heterocycles. The number of ether oxygens (including phenoxy) is 2. The fourth-order valence-electron chi connectivity index (χ4n) is 1.42. The van der Waals surface area contributed by atoms with E-state index < -0.39 is 6.10 Å². The predicted molar refractivity (Wildman–Crippen MR) is 66.5 cm³/mol. The quantitative estimate of drug-likeness (QED) is 0.754. The smallest absolute Gasteiger partial charge is 0.335 e. The summed E-state index contributed by atoms with van der Waals surface area (Å²) < 4.78 is 10.7. The van der Waals surface area contributed by atoms with Crippen LogP contribution in [0.3, 0.4) is 0 Å². The standard InChI is InChI=1S/C14H20O3/c1-11(17-14(2,3)4)13(15)16-10-12-8-6-5-7-9-12/h5-9,11H,10H2,1-4H3/t11-/m0/s1. The van der Waals surface area contributed by atoms with E-state index in [1.165, 1.54) is 0 Å². The zero-order valence-corrected chi connectivity index (χ0v) is 10.9. The van der Waals surface area contributed by atoms with Crippen molar-refractivity contribution in [2.45, 2.75) is 46.0 Å². The fourth-order valence-corrected chi connectivity index (χ4v) is 1.42. The van der Waals surface area contributed by atoms with E-state index in [2.05, 4.69) is 0 Å².